The first kappa shape index (κ1) is 16.3. The minimum Gasteiger partial charge on any atom is -0.418 e. The van der Waals surface area contributed by atoms with Gasteiger partial charge in [0.25, 0.3) is 5.89 Å². The summed E-state index contributed by atoms with van der Waals surface area (Å²) < 4.78 is 21.7. The minimum atomic E-state index is -0.322. The predicted molar refractivity (Wildman–Crippen MR) is 99.4 cm³/mol. The summed E-state index contributed by atoms with van der Waals surface area (Å²) in [5.74, 6) is 0.349. The molecular formula is C19H14FN7O. The number of pyridine rings is 1. The van der Waals surface area contributed by atoms with Crippen molar-refractivity contribution in [2.45, 2.75) is 6.54 Å². The van der Waals surface area contributed by atoms with Crippen LogP contribution < -0.4 is 5.73 Å². The number of H-pyrrole nitrogens is 1. The van der Waals surface area contributed by atoms with Crippen LogP contribution in [-0.4, -0.2) is 29.8 Å². The molecule has 0 spiro atoms. The SMILES string of the molecule is NCc1nnc(-c2cnc3ccc(-c4cn[nH]c4-c4ccccc4F)cn23)o1. The summed E-state index contributed by atoms with van der Waals surface area (Å²) in [5.41, 5.74) is 9.53. The lowest BCUT2D eigenvalue weighted by Gasteiger charge is -2.06. The van der Waals surface area contributed by atoms with Crippen LogP contribution in [0.3, 0.4) is 0 Å². The van der Waals surface area contributed by atoms with E-state index in [9.17, 15) is 4.39 Å². The van der Waals surface area contributed by atoms with E-state index in [-0.39, 0.29) is 12.4 Å². The third kappa shape index (κ3) is 2.57. The van der Waals surface area contributed by atoms with Gasteiger partial charge in [0.05, 0.1) is 24.6 Å². The summed E-state index contributed by atoms with van der Waals surface area (Å²) in [6, 6.07) is 10.3. The van der Waals surface area contributed by atoms with Crippen molar-refractivity contribution in [2.75, 3.05) is 0 Å². The molecule has 1 aromatic carbocycles. The molecule has 4 aromatic heterocycles. The lowest BCUT2D eigenvalue weighted by molar-refractivity contribution is 0.507. The average molecular weight is 375 g/mol. The molecule has 4 heterocycles. The van der Waals surface area contributed by atoms with Crippen LogP contribution in [0.4, 0.5) is 4.39 Å². The number of nitrogens with two attached hydrogens (primary N) is 1. The fourth-order valence-electron chi connectivity index (χ4n) is 3.11. The highest BCUT2D eigenvalue weighted by Gasteiger charge is 2.17. The zero-order valence-electron chi connectivity index (χ0n) is 14.5. The van der Waals surface area contributed by atoms with Crippen molar-refractivity contribution >= 4 is 5.65 Å². The van der Waals surface area contributed by atoms with Gasteiger partial charge in [0, 0.05) is 22.9 Å². The van der Waals surface area contributed by atoms with E-state index in [1.807, 2.05) is 22.7 Å². The number of halogens is 1. The lowest BCUT2D eigenvalue weighted by Crippen LogP contribution is -1.95. The van der Waals surface area contributed by atoms with Gasteiger partial charge in [0.1, 0.15) is 17.2 Å². The fourth-order valence-corrected chi connectivity index (χ4v) is 3.11. The van der Waals surface area contributed by atoms with Gasteiger partial charge in [-0.05, 0) is 24.3 Å². The molecule has 0 aliphatic carbocycles. The van der Waals surface area contributed by atoms with Crippen molar-refractivity contribution in [1.29, 1.82) is 0 Å². The molecule has 0 unspecified atom stereocenters. The Bertz CT molecular complexity index is 1290. The number of nitrogens with zero attached hydrogens (tertiary/aromatic N) is 5. The zero-order valence-corrected chi connectivity index (χ0v) is 14.5. The summed E-state index contributed by atoms with van der Waals surface area (Å²) in [4.78, 5) is 4.37. The maximum absolute atomic E-state index is 14.3. The number of aromatic nitrogens is 6. The predicted octanol–water partition coefficient (Wildman–Crippen LogP) is 3.04. The van der Waals surface area contributed by atoms with Gasteiger partial charge in [-0.25, -0.2) is 9.37 Å². The van der Waals surface area contributed by atoms with Gasteiger partial charge in [-0.1, -0.05) is 12.1 Å². The van der Waals surface area contributed by atoms with E-state index in [1.54, 1.807) is 30.6 Å². The second-order valence-corrected chi connectivity index (χ2v) is 6.13. The van der Waals surface area contributed by atoms with Crippen molar-refractivity contribution in [1.82, 2.24) is 29.8 Å². The van der Waals surface area contributed by atoms with E-state index >= 15 is 0 Å². The molecule has 0 radical (unpaired) electrons. The molecule has 138 valence electrons. The monoisotopic (exact) mass is 375 g/mol. The highest BCUT2D eigenvalue weighted by Crippen LogP contribution is 2.32. The highest BCUT2D eigenvalue weighted by molar-refractivity contribution is 5.81. The Balaban J connectivity index is 1.65. The molecule has 5 aromatic rings. The number of hydrogen-bond acceptors (Lipinski definition) is 6. The fraction of sp³-hybridized carbons (Fsp3) is 0.0526. The maximum atomic E-state index is 14.3. The number of hydrogen-bond donors (Lipinski definition) is 2. The number of benzene rings is 1. The van der Waals surface area contributed by atoms with Crippen molar-refractivity contribution < 1.29 is 8.81 Å². The quantitative estimate of drug-likeness (QED) is 0.499. The van der Waals surface area contributed by atoms with E-state index in [2.05, 4.69) is 25.4 Å². The summed E-state index contributed by atoms with van der Waals surface area (Å²) in [6.45, 7) is 0.163. The summed E-state index contributed by atoms with van der Waals surface area (Å²) in [6.07, 6.45) is 5.19. The third-order valence-electron chi connectivity index (χ3n) is 4.46. The van der Waals surface area contributed by atoms with Gasteiger partial charge in [0.15, 0.2) is 0 Å². The standard InChI is InChI=1S/C19H14FN7O/c20-14-4-2-1-3-12(14)18-13(8-23-25-18)11-5-6-16-22-9-15(27(16)10-11)19-26-24-17(7-21)28-19/h1-6,8-10H,7,21H2,(H,23,25). The van der Waals surface area contributed by atoms with Gasteiger partial charge in [-0.15, -0.1) is 10.2 Å². The van der Waals surface area contributed by atoms with E-state index in [0.717, 1.165) is 11.1 Å². The van der Waals surface area contributed by atoms with Gasteiger partial charge in [-0.2, -0.15) is 5.10 Å². The molecular weight excluding hydrogens is 361 g/mol. The van der Waals surface area contributed by atoms with Crippen LogP contribution in [0.25, 0.3) is 39.6 Å². The summed E-state index contributed by atoms with van der Waals surface area (Å²) in [5, 5.41) is 14.9. The summed E-state index contributed by atoms with van der Waals surface area (Å²) >= 11 is 0. The van der Waals surface area contributed by atoms with Crippen LogP contribution in [0.2, 0.25) is 0 Å². The zero-order chi connectivity index (χ0) is 19.1. The van der Waals surface area contributed by atoms with Crippen molar-refractivity contribution in [3.05, 3.63) is 66.7 Å². The molecule has 0 fully saturated rings. The molecule has 0 bridgehead atoms. The number of imidazole rings is 1. The molecule has 8 nitrogen and oxygen atoms in total. The smallest absolute Gasteiger partial charge is 0.266 e. The molecule has 5 rings (SSSR count). The van der Waals surface area contributed by atoms with Gasteiger partial charge in [-0.3, -0.25) is 9.50 Å². The Labute approximate surface area is 157 Å². The number of rotatable bonds is 4. The lowest BCUT2D eigenvalue weighted by atomic mass is 10.0. The molecule has 0 atom stereocenters. The second kappa shape index (κ2) is 6.39. The van der Waals surface area contributed by atoms with Crippen LogP contribution in [0, 0.1) is 5.82 Å². The molecule has 0 saturated carbocycles. The van der Waals surface area contributed by atoms with Crippen LogP contribution in [0.15, 0.2) is 59.4 Å². The van der Waals surface area contributed by atoms with Crippen LogP contribution in [-0.2, 0) is 6.54 Å². The average Bonchev–Trinajstić information content (AvgIpc) is 3.46. The molecule has 0 amide bonds. The number of nitrogens with one attached hydrogen (secondary N) is 1. The molecule has 3 N–H and O–H groups in total. The molecule has 0 saturated heterocycles. The van der Waals surface area contributed by atoms with E-state index in [4.69, 9.17) is 10.2 Å². The van der Waals surface area contributed by atoms with Gasteiger partial charge < -0.3 is 10.2 Å². The maximum Gasteiger partial charge on any atom is 0.266 e. The van der Waals surface area contributed by atoms with Gasteiger partial charge >= 0.3 is 0 Å². The molecule has 9 heteroatoms. The van der Waals surface area contributed by atoms with E-state index < -0.39 is 0 Å². The highest BCUT2D eigenvalue weighted by atomic mass is 19.1. The molecule has 28 heavy (non-hydrogen) atoms. The topological polar surface area (TPSA) is 111 Å². The minimum absolute atomic E-state index is 0.163. The van der Waals surface area contributed by atoms with Crippen molar-refractivity contribution in [3.8, 4) is 34.0 Å². The normalized spacial score (nSPS) is 11.4. The van der Waals surface area contributed by atoms with Crippen LogP contribution in [0.1, 0.15) is 5.89 Å². The molecule has 0 aliphatic rings. The first-order valence-corrected chi connectivity index (χ1v) is 8.53. The second-order valence-electron chi connectivity index (χ2n) is 6.13. The molecule has 0 aliphatic heterocycles. The number of aromatic amines is 1. The number of fused-ring (bicyclic) bond motifs is 1. The summed E-state index contributed by atoms with van der Waals surface area (Å²) in [7, 11) is 0. The first-order chi connectivity index (χ1) is 13.7. The largest absolute Gasteiger partial charge is 0.418 e. The Kier molecular flexibility index (Phi) is 3.73. The van der Waals surface area contributed by atoms with Crippen molar-refractivity contribution in [3.63, 3.8) is 0 Å². The van der Waals surface area contributed by atoms with Crippen LogP contribution >= 0.6 is 0 Å². The Morgan fingerprint density at radius 2 is 1.96 bits per heavy atom. The van der Waals surface area contributed by atoms with Crippen LogP contribution in [0.5, 0.6) is 0 Å². The van der Waals surface area contributed by atoms with Gasteiger partial charge in [0.2, 0.25) is 5.89 Å². The first-order valence-electron chi connectivity index (χ1n) is 8.53. The van der Waals surface area contributed by atoms with E-state index in [0.29, 0.717) is 34.4 Å². The third-order valence-corrected chi connectivity index (χ3v) is 4.46. The Hall–Kier alpha value is -3.85. The van der Waals surface area contributed by atoms with Crippen molar-refractivity contribution in [2.24, 2.45) is 5.73 Å². The van der Waals surface area contributed by atoms with E-state index in [1.165, 1.54) is 6.07 Å². The Morgan fingerprint density at radius 3 is 2.79 bits per heavy atom. The Morgan fingerprint density at radius 1 is 1.07 bits per heavy atom.